The molecule has 13 heteroatoms. The van der Waals surface area contributed by atoms with Crippen molar-refractivity contribution in [3.8, 4) is 145 Å². The molecule has 0 aliphatic rings. The molecule has 7 aromatic heterocycles. The Bertz CT molecular complexity index is 9110. The van der Waals surface area contributed by atoms with Crippen molar-refractivity contribution in [2.45, 2.75) is 0 Å². The maximum atomic E-state index is 6.37. The normalized spacial score (nSPS) is 11.5. The monoisotopic (exact) mass is 1790 g/mol. The van der Waals surface area contributed by atoms with Gasteiger partial charge in [0, 0.05) is 88.1 Å². The van der Waals surface area contributed by atoms with Crippen molar-refractivity contribution in [2.24, 2.45) is 0 Å². The number of hydrogen-bond acceptors (Lipinski definition) is 13. The van der Waals surface area contributed by atoms with Gasteiger partial charge in [0.25, 0.3) is 0 Å². The van der Waals surface area contributed by atoms with Gasteiger partial charge < -0.3 is 4.42 Å². The molecule has 0 radical (unpaired) electrons. The van der Waals surface area contributed by atoms with E-state index in [4.69, 9.17) is 49.3 Å². The summed E-state index contributed by atoms with van der Waals surface area (Å²) < 4.78 is 9.91. The predicted molar refractivity (Wildman–Crippen MR) is 569 cm³/mol. The molecule has 10 nitrogen and oxygen atoms in total. The molecular formula is C123H75N9OS3. The maximum absolute atomic E-state index is 6.37. The number of nitrogens with zero attached hydrogens (tertiary/aromatic N) is 9. The first kappa shape index (κ1) is 80.7. The van der Waals surface area contributed by atoms with Crippen molar-refractivity contribution in [3.05, 3.63) is 455 Å². The molecule has 0 N–H and O–H groups in total. The van der Waals surface area contributed by atoms with E-state index >= 15 is 0 Å². The largest absolute Gasteiger partial charge is 0.455 e. The number of hydrogen-bond donors (Lipinski definition) is 0. The smallest absolute Gasteiger partial charge is 0.160 e. The Morgan fingerprint density at radius 2 is 0.463 bits per heavy atom. The Morgan fingerprint density at radius 3 is 0.904 bits per heavy atom. The van der Waals surface area contributed by atoms with Gasteiger partial charge in [0.2, 0.25) is 0 Å². The van der Waals surface area contributed by atoms with Gasteiger partial charge in [-0.2, -0.15) is 0 Å². The average Bonchev–Trinajstić information content (AvgIpc) is 1.55. The molecule has 0 aliphatic heterocycles. The van der Waals surface area contributed by atoms with E-state index < -0.39 is 0 Å². The van der Waals surface area contributed by atoms with E-state index in [-0.39, 0.29) is 0 Å². The number of aromatic nitrogens is 9. The number of para-hydroxylation sites is 2. The minimum Gasteiger partial charge on any atom is -0.455 e. The molecule has 0 saturated heterocycles. The lowest BCUT2D eigenvalue weighted by molar-refractivity contribution is 0.670. The second-order valence-corrected chi connectivity index (χ2v) is 36.9. The summed E-state index contributed by atoms with van der Waals surface area (Å²) in [5.74, 6) is 2.11. The SMILES string of the molecule is c1ccc(-c2cc(-c3ccccc3)nc(-c3ccc4c(ccc5ccc6sc(-c7cccc8c7oc7ccccc78)nc6c54)c3)n2)cc1.c1ccc(-c2cc(-c3ccccc3)nc(-c3ccc4ccc5ccc6sc(-c7ccccc7)nc6c5c4c3)n2)cc1.c1ccc(-c2cc(-c3ccccc3)nc(-c3cccc(-c4ccc5c(ccc6ccc7sc(-c8ccccc8)nc7c65)c4)c3)n2)cc1. The highest BCUT2D eigenvalue weighted by molar-refractivity contribution is 7.22. The average molecular weight is 1790 g/mol. The molecule has 0 amide bonds. The van der Waals surface area contributed by atoms with Crippen LogP contribution >= 0.6 is 34.0 Å². The Kier molecular flexibility index (Phi) is 20.6. The molecule has 0 bridgehead atoms. The highest BCUT2D eigenvalue weighted by atomic mass is 32.1. The van der Waals surface area contributed by atoms with Gasteiger partial charge >= 0.3 is 0 Å². The van der Waals surface area contributed by atoms with Crippen molar-refractivity contribution in [1.82, 2.24) is 44.9 Å². The lowest BCUT2D eigenvalue weighted by Crippen LogP contribution is -1.96. The Hall–Kier alpha value is -17.3. The molecule has 0 saturated carbocycles. The van der Waals surface area contributed by atoms with Gasteiger partial charge in [-0.05, 0) is 132 Å². The minimum atomic E-state index is 0.699. The van der Waals surface area contributed by atoms with E-state index in [9.17, 15) is 0 Å². The van der Waals surface area contributed by atoms with Crippen LogP contribution in [0.3, 0.4) is 0 Å². The summed E-state index contributed by atoms with van der Waals surface area (Å²) >= 11 is 5.19. The molecule has 27 rings (SSSR count). The number of rotatable bonds is 13. The van der Waals surface area contributed by atoms with Gasteiger partial charge in [-0.3, -0.25) is 0 Å². The Morgan fingerprint density at radius 1 is 0.169 bits per heavy atom. The van der Waals surface area contributed by atoms with E-state index in [1.165, 1.54) is 47.1 Å². The van der Waals surface area contributed by atoms with Crippen molar-refractivity contribution in [2.75, 3.05) is 0 Å². The van der Waals surface area contributed by atoms with Crippen LogP contribution in [-0.4, -0.2) is 44.9 Å². The molecule has 0 spiro atoms. The molecule has 7 heterocycles. The summed E-state index contributed by atoms with van der Waals surface area (Å²) in [7, 11) is 0. The fourth-order valence-corrected chi connectivity index (χ4v) is 21.6. The first-order valence-electron chi connectivity index (χ1n) is 45.2. The quantitative estimate of drug-likeness (QED) is 0.103. The summed E-state index contributed by atoms with van der Waals surface area (Å²) in [5.41, 5.74) is 25.2. The first-order valence-corrected chi connectivity index (χ1v) is 47.7. The van der Waals surface area contributed by atoms with Crippen LogP contribution in [0, 0.1) is 0 Å². The second-order valence-electron chi connectivity index (χ2n) is 33.8. The number of fused-ring (bicyclic) bond motifs is 18. The van der Waals surface area contributed by atoms with Crippen LogP contribution in [0.15, 0.2) is 459 Å². The maximum Gasteiger partial charge on any atom is 0.160 e. The molecule has 0 unspecified atom stereocenters. The van der Waals surface area contributed by atoms with Gasteiger partial charge in [0.05, 0.1) is 70.4 Å². The van der Waals surface area contributed by atoms with Gasteiger partial charge in [0.15, 0.2) is 17.5 Å². The van der Waals surface area contributed by atoms with E-state index in [1.54, 1.807) is 34.0 Å². The van der Waals surface area contributed by atoms with Gasteiger partial charge in [-0.25, -0.2) is 44.9 Å². The zero-order chi connectivity index (χ0) is 89.9. The van der Waals surface area contributed by atoms with Crippen LogP contribution in [-0.2, 0) is 0 Å². The zero-order valence-electron chi connectivity index (χ0n) is 73.0. The van der Waals surface area contributed by atoms with Crippen LogP contribution in [0.25, 0.3) is 262 Å². The Labute approximate surface area is 793 Å². The fourth-order valence-electron chi connectivity index (χ4n) is 18.6. The topological polar surface area (TPSA) is 129 Å². The Balaban J connectivity index is 0.000000109. The highest BCUT2D eigenvalue weighted by Gasteiger charge is 2.23. The number of furan rings is 1. The molecule has 0 atom stereocenters. The lowest BCUT2D eigenvalue weighted by Gasteiger charge is -2.11. The van der Waals surface area contributed by atoms with Crippen molar-refractivity contribution in [1.29, 1.82) is 0 Å². The molecule has 0 aliphatic carbocycles. The van der Waals surface area contributed by atoms with Gasteiger partial charge in [-0.15, -0.1) is 34.0 Å². The van der Waals surface area contributed by atoms with Crippen LogP contribution in [0.4, 0.5) is 0 Å². The van der Waals surface area contributed by atoms with Crippen molar-refractivity contribution in [3.63, 3.8) is 0 Å². The van der Waals surface area contributed by atoms with Crippen LogP contribution in [0.2, 0.25) is 0 Å². The number of thiazole rings is 3. The van der Waals surface area contributed by atoms with Crippen molar-refractivity contribution >= 4 is 151 Å². The predicted octanol–water partition coefficient (Wildman–Crippen LogP) is 33.7. The van der Waals surface area contributed by atoms with Gasteiger partial charge in [0.1, 0.15) is 26.2 Å². The van der Waals surface area contributed by atoms with E-state index in [2.05, 4.69) is 322 Å². The molecule has 0 fully saturated rings. The molecule has 20 aromatic carbocycles. The molecule has 27 aromatic rings. The summed E-state index contributed by atoms with van der Waals surface area (Å²) in [4.78, 5) is 46.0. The summed E-state index contributed by atoms with van der Waals surface area (Å²) in [6, 6.07) is 158. The third kappa shape index (κ3) is 15.4. The van der Waals surface area contributed by atoms with Gasteiger partial charge in [-0.1, -0.05) is 382 Å². The van der Waals surface area contributed by atoms with E-state index in [1.807, 2.05) is 133 Å². The first-order chi connectivity index (χ1) is 67.3. The summed E-state index contributed by atoms with van der Waals surface area (Å²) in [6.07, 6.45) is 0. The summed E-state index contributed by atoms with van der Waals surface area (Å²) in [6.45, 7) is 0. The molecular weight excluding hydrogens is 1720 g/mol. The van der Waals surface area contributed by atoms with E-state index in [0.717, 1.165) is 197 Å². The highest BCUT2D eigenvalue weighted by Crippen LogP contribution is 2.46. The van der Waals surface area contributed by atoms with Crippen LogP contribution < -0.4 is 0 Å². The second kappa shape index (κ2) is 34.8. The van der Waals surface area contributed by atoms with Crippen molar-refractivity contribution < 1.29 is 4.42 Å². The standard InChI is InChI=1S/C43H25N3OS.C43H27N3S.C37H23N3S/c1-3-10-26(11-4-1)35-25-36(27-12-5-2-6-13-27)45-42(44-35)30-20-22-31-29(24-30)19-18-28-21-23-38-40(39(28)31)46-43(48-38)34-16-9-15-33-32-14-7-8-17-37(32)47-41(33)34;1-4-11-28(12-5-1)37-27-38(29-13-6-2-7-14-29)45-42(44-37)35-18-10-17-32(26-35)33-21-23-36-34(25-33)20-19-30-22-24-39-41(40(30)36)46-43(47-39)31-15-8-3-9-16-31;1-4-10-25(11-5-1)31-23-32(26-12-6-2-7-13-26)39-36(38-31)29-19-17-24-16-18-27-20-21-33-35(34(27)30(24)22-29)40-37(41-33)28-14-8-3-9-15-28/h1-25H;1-27H;1-23H. The van der Waals surface area contributed by atoms with E-state index in [0.29, 0.717) is 17.5 Å². The van der Waals surface area contributed by atoms with Crippen LogP contribution in [0.1, 0.15) is 0 Å². The zero-order valence-corrected chi connectivity index (χ0v) is 75.4. The number of benzene rings is 20. The van der Waals surface area contributed by atoms with Crippen LogP contribution in [0.5, 0.6) is 0 Å². The minimum absolute atomic E-state index is 0.699. The molecule has 136 heavy (non-hydrogen) atoms. The third-order valence-corrected chi connectivity index (χ3v) is 28.5. The molecule has 636 valence electrons. The fraction of sp³-hybridized carbons (Fsp3) is 0. The lowest BCUT2D eigenvalue weighted by atomic mass is 9.96. The third-order valence-electron chi connectivity index (χ3n) is 25.3. The summed E-state index contributed by atoms with van der Waals surface area (Å²) in [5, 5.41) is 19.4.